The summed E-state index contributed by atoms with van der Waals surface area (Å²) in [5.74, 6) is -6.40. The number of H-pyrrole nitrogens is 1. The maximum atomic E-state index is 13.8. The molecule has 0 spiro atoms. The Bertz CT molecular complexity index is 1510. The van der Waals surface area contributed by atoms with Crippen molar-refractivity contribution in [3.63, 3.8) is 0 Å². The summed E-state index contributed by atoms with van der Waals surface area (Å²) >= 11 is 0. The van der Waals surface area contributed by atoms with Gasteiger partial charge in [-0.05, 0) is 85.2 Å². The van der Waals surface area contributed by atoms with E-state index in [4.69, 9.17) is 17.2 Å². The fraction of sp³-hybridized carbons (Fsp3) is 0.686. The van der Waals surface area contributed by atoms with Gasteiger partial charge in [-0.15, -0.1) is 0 Å². The SMILES string of the molecule is C[C@H](N)C(=O)NCC(=O)N[C@@H](Cc1cnc[nH]1)C(=O)N[C@H](C(=O)N[C@@H](CCCCN)C(=O)N[C@@H](CCCCN)C(=O)N[C@@H](C)C(=O)N1CCC[C@H]1C(=O)O)[C@@H](C)O. The molecule has 1 aliphatic heterocycles. The lowest BCUT2D eigenvalue weighted by Gasteiger charge is -2.29. The highest BCUT2D eigenvalue weighted by Gasteiger charge is 2.38. The summed E-state index contributed by atoms with van der Waals surface area (Å²) < 4.78 is 0. The zero-order valence-electron chi connectivity index (χ0n) is 32.8. The topological polar surface area (TPSA) is 359 Å². The third-order valence-corrected chi connectivity index (χ3v) is 9.24. The van der Waals surface area contributed by atoms with E-state index in [1.54, 1.807) is 0 Å². The molecule has 0 aromatic carbocycles. The number of nitrogens with two attached hydrogens (primary N) is 3. The van der Waals surface area contributed by atoms with Crippen LogP contribution in [0, 0.1) is 0 Å². The molecule has 1 aliphatic rings. The summed E-state index contributed by atoms with van der Waals surface area (Å²) in [7, 11) is 0. The summed E-state index contributed by atoms with van der Waals surface area (Å²) in [5, 5.41) is 35.2. The maximum absolute atomic E-state index is 13.8. The smallest absolute Gasteiger partial charge is 0.326 e. The van der Waals surface area contributed by atoms with Gasteiger partial charge in [0.2, 0.25) is 41.4 Å². The highest BCUT2D eigenvalue weighted by Crippen LogP contribution is 2.18. The summed E-state index contributed by atoms with van der Waals surface area (Å²) in [5.41, 5.74) is 17.3. The highest BCUT2D eigenvalue weighted by atomic mass is 16.4. The number of carbonyl (C=O) groups is 8. The van der Waals surface area contributed by atoms with Crippen LogP contribution < -0.4 is 49.1 Å². The normalized spacial score (nSPS) is 17.5. The second-order valence-electron chi connectivity index (χ2n) is 14.1. The first-order valence-electron chi connectivity index (χ1n) is 19.1. The number of hydrogen-bond donors (Lipinski definition) is 12. The van der Waals surface area contributed by atoms with Gasteiger partial charge in [0.25, 0.3) is 0 Å². The number of carboxylic acid groups (broad SMARTS) is 1. The Labute approximate surface area is 330 Å². The van der Waals surface area contributed by atoms with Crippen LogP contribution in [0.3, 0.4) is 0 Å². The minimum absolute atomic E-state index is 0.0540. The van der Waals surface area contributed by atoms with Gasteiger partial charge in [-0.3, -0.25) is 33.6 Å². The van der Waals surface area contributed by atoms with Crippen LogP contribution in [-0.4, -0.2) is 147 Å². The molecule has 1 aromatic heterocycles. The molecule has 0 bridgehead atoms. The van der Waals surface area contributed by atoms with Gasteiger partial charge in [0.1, 0.15) is 36.3 Å². The largest absolute Gasteiger partial charge is 0.480 e. The Morgan fingerprint density at radius 1 is 0.825 bits per heavy atom. The van der Waals surface area contributed by atoms with Gasteiger partial charge in [-0.25, -0.2) is 9.78 Å². The van der Waals surface area contributed by atoms with Crippen molar-refractivity contribution >= 4 is 47.3 Å². The zero-order valence-corrected chi connectivity index (χ0v) is 32.8. The van der Waals surface area contributed by atoms with E-state index < -0.39 is 102 Å². The van der Waals surface area contributed by atoms with Crippen molar-refractivity contribution in [1.82, 2.24) is 46.8 Å². The van der Waals surface area contributed by atoms with Crippen LogP contribution in [0.2, 0.25) is 0 Å². The Balaban J connectivity index is 2.24. The predicted octanol–water partition coefficient (Wildman–Crippen LogP) is -4.43. The number of rotatable bonds is 25. The molecular formula is C35H60N12O10. The number of imidazole rings is 1. The quantitative estimate of drug-likeness (QED) is 0.0415. The van der Waals surface area contributed by atoms with Gasteiger partial charge in [0.05, 0.1) is 25.0 Å². The van der Waals surface area contributed by atoms with E-state index in [9.17, 15) is 48.6 Å². The third kappa shape index (κ3) is 16.1. The van der Waals surface area contributed by atoms with Gasteiger partial charge in [-0.1, -0.05) is 0 Å². The fourth-order valence-electron chi connectivity index (χ4n) is 6.03. The molecule has 2 rings (SSSR count). The van der Waals surface area contributed by atoms with Crippen LogP contribution in [-0.2, 0) is 44.8 Å². The van der Waals surface area contributed by atoms with Crippen LogP contribution >= 0.6 is 0 Å². The van der Waals surface area contributed by atoms with Gasteiger partial charge < -0.3 is 69.2 Å². The van der Waals surface area contributed by atoms with Crippen LogP contribution in [0.4, 0.5) is 0 Å². The van der Waals surface area contributed by atoms with E-state index in [1.807, 2.05) is 0 Å². The van der Waals surface area contributed by atoms with E-state index in [1.165, 1.54) is 38.2 Å². The molecule has 0 aliphatic carbocycles. The maximum Gasteiger partial charge on any atom is 0.326 e. The second-order valence-corrected chi connectivity index (χ2v) is 14.1. The number of carboxylic acids is 1. The first kappa shape index (κ1) is 48.0. The molecule has 1 fully saturated rings. The number of aliphatic hydroxyl groups is 1. The molecule has 0 unspecified atom stereocenters. The fourth-order valence-corrected chi connectivity index (χ4v) is 6.03. The molecule has 1 aromatic rings. The zero-order chi connectivity index (χ0) is 42.7. The molecule has 22 nitrogen and oxygen atoms in total. The predicted molar refractivity (Wildman–Crippen MR) is 204 cm³/mol. The van der Waals surface area contributed by atoms with E-state index in [-0.39, 0.29) is 38.8 Å². The average molecular weight is 809 g/mol. The van der Waals surface area contributed by atoms with Crippen molar-refractivity contribution in [3.8, 4) is 0 Å². The minimum Gasteiger partial charge on any atom is -0.480 e. The average Bonchev–Trinajstić information content (AvgIpc) is 3.87. The van der Waals surface area contributed by atoms with Crippen LogP contribution in [0.5, 0.6) is 0 Å². The molecule has 0 radical (unpaired) electrons. The number of unbranched alkanes of at least 4 members (excludes halogenated alkanes) is 2. The number of nitrogens with one attached hydrogen (secondary N) is 7. The molecule has 7 amide bonds. The van der Waals surface area contributed by atoms with Crippen molar-refractivity contribution in [2.45, 2.75) is 127 Å². The first-order chi connectivity index (χ1) is 27.0. The van der Waals surface area contributed by atoms with Gasteiger partial charge >= 0.3 is 5.97 Å². The van der Waals surface area contributed by atoms with Crippen LogP contribution in [0.1, 0.15) is 77.8 Å². The van der Waals surface area contributed by atoms with E-state index >= 15 is 0 Å². The molecule has 8 atom stereocenters. The van der Waals surface area contributed by atoms with Crippen molar-refractivity contribution < 1.29 is 48.6 Å². The van der Waals surface area contributed by atoms with Crippen LogP contribution in [0.25, 0.3) is 0 Å². The number of aliphatic hydroxyl groups excluding tert-OH is 1. The van der Waals surface area contributed by atoms with Crippen molar-refractivity contribution in [3.05, 3.63) is 18.2 Å². The summed E-state index contributed by atoms with van der Waals surface area (Å²) in [6.45, 7) is 4.39. The molecular weight excluding hydrogens is 748 g/mol. The van der Waals surface area contributed by atoms with E-state index in [0.29, 0.717) is 44.3 Å². The Hall–Kier alpha value is -5.19. The molecule has 320 valence electrons. The number of aliphatic carboxylic acids is 1. The van der Waals surface area contributed by atoms with E-state index in [0.717, 1.165) is 0 Å². The monoisotopic (exact) mass is 808 g/mol. The Morgan fingerprint density at radius 2 is 1.40 bits per heavy atom. The minimum atomic E-state index is -1.63. The molecule has 1 saturated heterocycles. The summed E-state index contributed by atoms with van der Waals surface area (Å²) in [4.78, 5) is 112. The van der Waals surface area contributed by atoms with Crippen molar-refractivity contribution in [1.29, 1.82) is 0 Å². The molecule has 15 N–H and O–H groups in total. The highest BCUT2D eigenvalue weighted by molar-refractivity contribution is 5.97. The number of nitrogens with zero attached hydrogens (tertiary/aromatic N) is 2. The summed E-state index contributed by atoms with van der Waals surface area (Å²) in [6.07, 6.45) is 3.88. The number of aromatic nitrogens is 2. The lowest BCUT2D eigenvalue weighted by Crippen LogP contribution is -2.61. The number of hydrogen-bond acceptors (Lipinski definition) is 13. The van der Waals surface area contributed by atoms with E-state index in [2.05, 4.69) is 41.9 Å². The number of likely N-dealkylation sites (tertiary alicyclic amines) is 1. The van der Waals surface area contributed by atoms with Gasteiger partial charge in [-0.2, -0.15) is 0 Å². The molecule has 0 saturated carbocycles. The molecule has 57 heavy (non-hydrogen) atoms. The first-order valence-corrected chi connectivity index (χ1v) is 19.1. The number of carbonyl (C=O) groups excluding carboxylic acids is 7. The third-order valence-electron chi connectivity index (χ3n) is 9.24. The van der Waals surface area contributed by atoms with Crippen molar-refractivity contribution in [2.75, 3.05) is 26.2 Å². The lowest BCUT2D eigenvalue weighted by atomic mass is 10.0. The summed E-state index contributed by atoms with van der Waals surface area (Å²) in [6, 6.07) is -8.41. The lowest BCUT2D eigenvalue weighted by molar-refractivity contribution is -0.149. The van der Waals surface area contributed by atoms with Gasteiger partial charge in [0, 0.05) is 24.9 Å². The standard InChI is InChI=1S/C35H60N12O10/c1-19(38)29(50)40-17-27(49)43-25(15-22-16-39-18-41-22)32(53)46-28(21(3)48)33(54)45-24(10-5-7-13-37)31(52)44-23(9-4-6-12-36)30(51)42-20(2)34(55)47-14-8-11-26(47)35(56)57/h16,18-21,23-26,28,48H,4-15,17,36-38H2,1-3H3,(H,39,41)(H,40,50)(H,42,51)(H,43,49)(H,44,52)(H,45,54)(H,46,53)(H,56,57)/t19-,20-,21+,23-,24-,25-,26-,28-/m0/s1. The number of aromatic amines is 1. The Kier molecular flexibility index (Phi) is 20.6. The number of amides is 7. The molecule has 22 heteroatoms. The molecule has 2 heterocycles. The van der Waals surface area contributed by atoms with Crippen LogP contribution in [0.15, 0.2) is 12.5 Å². The second kappa shape index (κ2) is 24.4. The Morgan fingerprint density at radius 3 is 1.93 bits per heavy atom. The van der Waals surface area contributed by atoms with Crippen molar-refractivity contribution in [2.24, 2.45) is 17.2 Å². The van der Waals surface area contributed by atoms with Gasteiger partial charge in [0.15, 0.2) is 0 Å².